The van der Waals surface area contributed by atoms with E-state index in [1.165, 1.54) is 19.5 Å². The third-order valence-electron chi connectivity index (χ3n) is 2.90. The average Bonchev–Trinajstić information content (AvgIpc) is 2.95. The topological polar surface area (TPSA) is 82.6 Å². The van der Waals surface area contributed by atoms with Crippen LogP contribution in [0.1, 0.15) is 5.56 Å². The molecule has 0 spiro atoms. The first-order valence-electron chi connectivity index (χ1n) is 6.29. The Morgan fingerprint density at radius 2 is 2.05 bits per heavy atom. The van der Waals surface area contributed by atoms with Crippen molar-refractivity contribution in [1.29, 1.82) is 0 Å². The standard InChI is InChI=1S/C14H13N3O4/c1-19-14-15-6-10(7-16-14)17-13(18)5-9-2-3-11-12(4-9)21-8-20-11/h2-4,6-7H,5,8H2,1H3,(H,17,18). The van der Waals surface area contributed by atoms with Crippen LogP contribution < -0.4 is 19.5 Å². The number of nitrogens with zero attached hydrogens (tertiary/aromatic N) is 2. The minimum absolute atomic E-state index is 0.164. The summed E-state index contributed by atoms with van der Waals surface area (Å²) in [6.07, 6.45) is 3.20. The highest BCUT2D eigenvalue weighted by Crippen LogP contribution is 2.32. The largest absolute Gasteiger partial charge is 0.467 e. The van der Waals surface area contributed by atoms with Crippen molar-refractivity contribution in [3.63, 3.8) is 0 Å². The van der Waals surface area contributed by atoms with Gasteiger partial charge >= 0.3 is 6.01 Å². The number of hydrogen-bond acceptors (Lipinski definition) is 6. The number of ether oxygens (including phenoxy) is 3. The zero-order valence-corrected chi connectivity index (χ0v) is 11.3. The SMILES string of the molecule is COc1ncc(NC(=O)Cc2ccc3c(c2)OCO3)cn1. The lowest BCUT2D eigenvalue weighted by Crippen LogP contribution is -2.14. The van der Waals surface area contributed by atoms with E-state index in [9.17, 15) is 4.79 Å². The monoisotopic (exact) mass is 287 g/mol. The molecule has 1 aliphatic rings. The Morgan fingerprint density at radius 1 is 1.29 bits per heavy atom. The van der Waals surface area contributed by atoms with Gasteiger partial charge in [-0.2, -0.15) is 0 Å². The summed E-state index contributed by atoms with van der Waals surface area (Å²) in [6, 6.07) is 5.68. The van der Waals surface area contributed by atoms with Crippen LogP contribution >= 0.6 is 0 Å². The Hall–Kier alpha value is -2.83. The molecule has 1 aliphatic heterocycles. The van der Waals surface area contributed by atoms with Crippen molar-refractivity contribution in [1.82, 2.24) is 9.97 Å². The average molecular weight is 287 g/mol. The molecule has 108 valence electrons. The molecule has 0 fully saturated rings. The molecule has 7 heteroatoms. The summed E-state index contributed by atoms with van der Waals surface area (Å²) in [6.45, 7) is 0.216. The van der Waals surface area contributed by atoms with Gasteiger partial charge in [0.1, 0.15) is 0 Å². The molecule has 1 N–H and O–H groups in total. The van der Waals surface area contributed by atoms with E-state index in [2.05, 4.69) is 15.3 Å². The van der Waals surface area contributed by atoms with Gasteiger partial charge in [-0.1, -0.05) is 6.07 Å². The van der Waals surface area contributed by atoms with Crippen LogP contribution in [0.25, 0.3) is 0 Å². The van der Waals surface area contributed by atoms with Crippen molar-refractivity contribution in [2.75, 3.05) is 19.2 Å². The van der Waals surface area contributed by atoms with E-state index in [1.807, 2.05) is 6.07 Å². The molecule has 2 heterocycles. The molecule has 7 nitrogen and oxygen atoms in total. The number of nitrogens with one attached hydrogen (secondary N) is 1. The lowest BCUT2D eigenvalue weighted by Gasteiger charge is -2.06. The Kier molecular flexibility index (Phi) is 3.55. The molecule has 1 aromatic heterocycles. The number of anilines is 1. The van der Waals surface area contributed by atoms with E-state index in [0.29, 0.717) is 17.2 Å². The number of rotatable bonds is 4. The van der Waals surface area contributed by atoms with Gasteiger partial charge in [0.2, 0.25) is 12.7 Å². The van der Waals surface area contributed by atoms with Crippen LogP contribution in [-0.4, -0.2) is 29.8 Å². The molecule has 1 amide bonds. The van der Waals surface area contributed by atoms with Gasteiger partial charge < -0.3 is 19.5 Å². The highest BCUT2D eigenvalue weighted by atomic mass is 16.7. The lowest BCUT2D eigenvalue weighted by molar-refractivity contribution is -0.115. The summed E-state index contributed by atoms with van der Waals surface area (Å²) in [5.41, 5.74) is 1.35. The summed E-state index contributed by atoms with van der Waals surface area (Å²) in [4.78, 5) is 19.8. The normalized spacial score (nSPS) is 12.0. The number of carbonyl (C=O) groups is 1. The van der Waals surface area contributed by atoms with Crippen molar-refractivity contribution < 1.29 is 19.0 Å². The molecule has 3 rings (SSSR count). The maximum absolute atomic E-state index is 12.0. The summed E-state index contributed by atoms with van der Waals surface area (Å²) in [5.74, 6) is 1.19. The predicted molar refractivity (Wildman–Crippen MR) is 73.5 cm³/mol. The van der Waals surface area contributed by atoms with Crippen molar-refractivity contribution in [3.8, 4) is 17.5 Å². The van der Waals surface area contributed by atoms with Gasteiger partial charge in [0.25, 0.3) is 0 Å². The highest BCUT2D eigenvalue weighted by Gasteiger charge is 2.14. The number of aromatic nitrogens is 2. The molecule has 0 saturated carbocycles. The zero-order valence-electron chi connectivity index (χ0n) is 11.3. The van der Waals surface area contributed by atoms with Crippen LogP contribution in [0.5, 0.6) is 17.5 Å². The summed E-state index contributed by atoms with van der Waals surface area (Å²) >= 11 is 0. The Labute approximate surface area is 120 Å². The van der Waals surface area contributed by atoms with E-state index in [0.717, 1.165) is 5.56 Å². The predicted octanol–water partition coefficient (Wildman–Crippen LogP) is 1.40. The maximum atomic E-state index is 12.0. The fraction of sp³-hybridized carbons (Fsp3) is 0.214. The van der Waals surface area contributed by atoms with Crippen LogP contribution in [0.15, 0.2) is 30.6 Å². The zero-order chi connectivity index (χ0) is 14.7. The number of benzene rings is 1. The lowest BCUT2D eigenvalue weighted by atomic mass is 10.1. The molecule has 2 aromatic rings. The highest BCUT2D eigenvalue weighted by molar-refractivity contribution is 5.92. The number of carbonyl (C=O) groups excluding carboxylic acids is 1. The second-order valence-corrected chi connectivity index (χ2v) is 4.37. The minimum Gasteiger partial charge on any atom is -0.467 e. The van der Waals surface area contributed by atoms with Crippen molar-refractivity contribution in [2.24, 2.45) is 0 Å². The van der Waals surface area contributed by atoms with Gasteiger partial charge in [0.15, 0.2) is 11.5 Å². The molecule has 0 bridgehead atoms. The van der Waals surface area contributed by atoms with Crippen molar-refractivity contribution in [2.45, 2.75) is 6.42 Å². The summed E-state index contributed by atoms with van der Waals surface area (Å²) < 4.78 is 15.4. The van der Waals surface area contributed by atoms with Gasteiger partial charge in [0.05, 0.1) is 31.6 Å². The van der Waals surface area contributed by atoms with Crippen LogP contribution in [0.3, 0.4) is 0 Å². The van der Waals surface area contributed by atoms with E-state index >= 15 is 0 Å². The van der Waals surface area contributed by atoms with E-state index in [-0.39, 0.29) is 25.1 Å². The third-order valence-corrected chi connectivity index (χ3v) is 2.90. The Morgan fingerprint density at radius 3 is 2.81 bits per heavy atom. The van der Waals surface area contributed by atoms with Crippen LogP contribution in [0.2, 0.25) is 0 Å². The van der Waals surface area contributed by atoms with Crippen LogP contribution in [-0.2, 0) is 11.2 Å². The quantitative estimate of drug-likeness (QED) is 0.915. The number of methoxy groups -OCH3 is 1. The van der Waals surface area contributed by atoms with Crippen molar-refractivity contribution in [3.05, 3.63) is 36.2 Å². The van der Waals surface area contributed by atoms with E-state index in [1.54, 1.807) is 12.1 Å². The van der Waals surface area contributed by atoms with Crippen molar-refractivity contribution >= 4 is 11.6 Å². The second-order valence-electron chi connectivity index (χ2n) is 4.37. The molecule has 1 aromatic carbocycles. The molecular weight excluding hydrogens is 274 g/mol. The van der Waals surface area contributed by atoms with Gasteiger partial charge in [0, 0.05) is 0 Å². The second kappa shape index (κ2) is 5.66. The van der Waals surface area contributed by atoms with Gasteiger partial charge in [-0.05, 0) is 17.7 Å². The smallest absolute Gasteiger partial charge is 0.316 e. The summed E-state index contributed by atoms with van der Waals surface area (Å²) in [7, 11) is 1.48. The molecule has 0 unspecified atom stereocenters. The first kappa shape index (κ1) is 13.2. The van der Waals surface area contributed by atoms with Gasteiger partial charge in [-0.3, -0.25) is 4.79 Å². The molecule has 0 radical (unpaired) electrons. The Bertz CT molecular complexity index is 658. The molecule has 21 heavy (non-hydrogen) atoms. The molecular formula is C14H13N3O4. The number of amides is 1. The molecule has 0 saturated heterocycles. The van der Waals surface area contributed by atoms with Crippen LogP contribution in [0.4, 0.5) is 5.69 Å². The third kappa shape index (κ3) is 3.02. The van der Waals surface area contributed by atoms with Crippen LogP contribution in [0, 0.1) is 0 Å². The van der Waals surface area contributed by atoms with Gasteiger partial charge in [-0.25, -0.2) is 9.97 Å². The Balaban J connectivity index is 1.63. The van der Waals surface area contributed by atoms with E-state index in [4.69, 9.17) is 14.2 Å². The van der Waals surface area contributed by atoms with E-state index < -0.39 is 0 Å². The summed E-state index contributed by atoms with van der Waals surface area (Å²) in [5, 5.41) is 2.72. The number of fused-ring (bicyclic) bond motifs is 1. The fourth-order valence-corrected chi connectivity index (χ4v) is 1.93. The molecule has 0 aliphatic carbocycles. The fourth-order valence-electron chi connectivity index (χ4n) is 1.93. The number of hydrogen-bond donors (Lipinski definition) is 1. The molecule has 0 atom stereocenters. The first-order valence-corrected chi connectivity index (χ1v) is 6.29. The van der Waals surface area contributed by atoms with Gasteiger partial charge in [-0.15, -0.1) is 0 Å². The maximum Gasteiger partial charge on any atom is 0.316 e. The minimum atomic E-state index is -0.164. The first-order chi connectivity index (χ1) is 10.2.